The van der Waals surface area contributed by atoms with Crippen molar-refractivity contribution in [3.8, 4) is 5.88 Å². The van der Waals surface area contributed by atoms with Gasteiger partial charge in [-0.25, -0.2) is 13.2 Å². The van der Waals surface area contributed by atoms with Gasteiger partial charge in [0.05, 0.1) is 31.0 Å². The van der Waals surface area contributed by atoms with E-state index in [-0.39, 0.29) is 53.4 Å². The Morgan fingerprint density at radius 1 is 1.00 bits per heavy atom. The topological polar surface area (TPSA) is 82.8 Å². The zero-order chi connectivity index (χ0) is 29.2. The van der Waals surface area contributed by atoms with Crippen LogP contribution in [-0.4, -0.2) is 45.5 Å². The highest BCUT2D eigenvalue weighted by atomic mass is 19.3. The number of halogens is 4. The fraction of sp³-hybridized carbons (Fsp3) is 0.839. The first kappa shape index (κ1) is 30.0. The molecule has 40 heavy (non-hydrogen) atoms. The molecule has 4 aliphatic rings. The van der Waals surface area contributed by atoms with Crippen LogP contribution in [0.25, 0.3) is 0 Å². The van der Waals surface area contributed by atoms with E-state index in [9.17, 15) is 24.1 Å². The number of hydrogen-bond donors (Lipinski definition) is 3. The predicted octanol–water partition coefficient (Wildman–Crippen LogP) is 6.44. The summed E-state index contributed by atoms with van der Waals surface area (Å²) >= 11 is 0. The molecule has 9 heteroatoms. The second kappa shape index (κ2) is 10.7. The van der Waals surface area contributed by atoms with Crippen molar-refractivity contribution < 1.29 is 37.6 Å². The maximum absolute atomic E-state index is 16.0. The van der Waals surface area contributed by atoms with Gasteiger partial charge in [0.15, 0.2) is 0 Å². The van der Waals surface area contributed by atoms with E-state index in [4.69, 9.17) is 4.74 Å². The molecule has 4 aliphatic carbocycles. The molecule has 4 fully saturated rings. The summed E-state index contributed by atoms with van der Waals surface area (Å²) in [5.74, 6) is -6.09. The normalized spacial score (nSPS) is 41.9. The lowest BCUT2D eigenvalue weighted by atomic mass is 9.43. The minimum absolute atomic E-state index is 0.0929. The van der Waals surface area contributed by atoms with Crippen LogP contribution in [0.1, 0.15) is 96.6 Å². The molecule has 226 valence electrons. The number of nitrogens with zero attached hydrogens (tertiary/aromatic N) is 1. The fourth-order valence-electron chi connectivity index (χ4n) is 10.1. The van der Waals surface area contributed by atoms with Gasteiger partial charge in [0.25, 0.3) is 5.92 Å². The average molecular weight is 572 g/mol. The van der Waals surface area contributed by atoms with Gasteiger partial charge < -0.3 is 20.1 Å². The fourth-order valence-corrected chi connectivity index (χ4v) is 10.1. The number of hydrogen-bond acceptors (Lipinski definition) is 5. The van der Waals surface area contributed by atoms with Gasteiger partial charge in [-0.1, -0.05) is 33.6 Å². The molecule has 3 N–H and O–H groups in total. The van der Waals surface area contributed by atoms with Gasteiger partial charge in [-0.15, -0.1) is 0 Å². The molecule has 0 aliphatic heterocycles. The highest BCUT2D eigenvalue weighted by molar-refractivity contribution is 5.30. The van der Waals surface area contributed by atoms with E-state index in [2.05, 4.69) is 25.8 Å². The van der Waals surface area contributed by atoms with Crippen molar-refractivity contribution in [1.82, 2.24) is 4.98 Å². The number of fused-ring (bicyclic) bond motifs is 5. The molecule has 1 unspecified atom stereocenters. The van der Waals surface area contributed by atoms with Gasteiger partial charge in [0.1, 0.15) is 5.82 Å². The summed E-state index contributed by atoms with van der Waals surface area (Å²) < 4.78 is 64.8. The summed E-state index contributed by atoms with van der Waals surface area (Å²) in [5.41, 5.74) is -0.749. The Bertz CT molecular complexity index is 1090. The van der Waals surface area contributed by atoms with Gasteiger partial charge in [-0.05, 0) is 85.4 Å². The molecule has 11 atom stereocenters. The van der Waals surface area contributed by atoms with Crippen LogP contribution < -0.4 is 4.74 Å². The van der Waals surface area contributed by atoms with E-state index in [1.165, 1.54) is 7.11 Å². The van der Waals surface area contributed by atoms with Crippen LogP contribution in [0.5, 0.6) is 5.88 Å². The van der Waals surface area contributed by atoms with Crippen molar-refractivity contribution in [3.05, 3.63) is 23.4 Å². The summed E-state index contributed by atoms with van der Waals surface area (Å²) in [7, 11) is 1.25. The van der Waals surface area contributed by atoms with Crippen molar-refractivity contribution in [2.75, 3.05) is 7.11 Å². The zero-order valence-corrected chi connectivity index (χ0v) is 24.1. The lowest BCUT2D eigenvalue weighted by molar-refractivity contribution is -0.258. The molecule has 0 radical (unpaired) electrons. The van der Waals surface area contributed by atoms with E-state index >= 15 is 8.78 Å². The van der Waals surface area contributed by atoms with Crippen molar-refractivity contribution in [1.29, 1.82) is 0 Å². The lowest BCUT2D eigenvalue weighted by Gasteiger charge is -2.63. The number of pyridine rings is 1. The SMILES string of the molecule is COc1nc(F)cc(F)c1C(O)CCC[C@@H](C)[C@H]1CC[C@H]2[C@H]3[C@H](CC[C@]12C)[C@@]1(C)CC[C@H](O)[C@H](O)[C@@H]1CC3(F)F. The van der Waals surface area contributed by atoms with Crippen molar-refractivity contribution in [2.24, 2.45) is 46.3 Å². The first-order valence-electron chi connectivity index (χ1n) is 15.1. The Labute approximate surface area is 234 Å². The standard InChI is InChI=1S/C31H45F4NO4/c1-16(6-5-7-22(37)25-21(32)14-24(33)36-28(25)40-4)17-8-9-18-26-19(10-12-29(17,18)2)30(3)13-11-23(38)27(39)20(30)15-31(26,34)35/h14,16-20,22-23,26-27,37-39H,5-13,15H2,1-4H3/t16-,17-,18+,19+,20+,22?,23+,26+,27-,29-,30-/m1/s1. The summed E-state index contributed by atoms with van der Waals surface area (Å²) in [6, 6.07) is 0.638. The van der Waals surface area contributed by atoms with Crippen LogP contribution in [0.3, 0.4) is 0 Å². The number of aromatic nitrogens is 1. The number of aliphatic hydroxyl groups is 3. The maximum atomic E-state index is 16.0. The first-order chi connectivity index (χ1) is 18.7. The third-order valence-corrected chi connectivity index (χ3v) is 12.1. The molecule has 0 amide bonds. The van der Waals surface area contributed by atoms with E-state index in [0.29, 0.717) is 31.7 Å². The van der Waals surface area contributed by atoms with Crippen LogP contribution in [0.4, 0.5) is 17.6 Å². The van der Waals surface area contributed by atoms with E-state index < -0.39 is 53.3 Å². The monoisotopic (exact) mass is 571 g/mol. The Hall–Kier alpha value is -1.45. The minimum atomic E-state index is -2.88. The van der Waals surface area contributed by atoms with Crippen LogP contribution in [0.2, 0.25) is 0 Å². The van der Waals surface area contributed by atoms with Crippen LogP contribution in [0.15, 0.2) is 6.07 Å². The van der Waals surface area contributed by atoms with Crippen LogP contribution in [-0.2, 0) is 0 Å². The lowest BCUT2D eigenvalue weighted by Crippen LogP contribution is -2.64. The third kappa shape index (κ3) is 4.76. The molecule has 0 saturated heterocycles. The number of alkyl halides is 2. The van der Waals surface area contributed by atoms with Gasteiger partial charge in [-0.3, -0.25) is 0 Å². The predicted molar refractivity (Wildman–Crippen MR) is 142 cm³/mol. The maximum Gasteiger partial charge on any atom is 0.251 e. The molecule has 0 bridgehead atoms. The second-order valence-corrected chi connectivity index (χ2v) is 13.9. The Morgan fingerprint density at radius 3 is 2.38 bits per heavy atom. The summed E-state index contributed by atoms with van der Waals surface area (Å²) in [6.45, 7) is 6.44. The zero-order valence-electron chi connectivity index (χ0n) is 24.1. The quantitative estimate of drug-likeness (QED) is 0.259. The van der Waals surface area contributed by atoms with Crippen molar-refractivity contribution >= 4 is 0 Å². The Morgan fingerprint density at radius 2 is 1.68 bits per heavy atom. The summed E-state index contributed by atoms with van der Waals surface area (Å²) in [5, 5.41) is 31.6. The van der Waals surface area contributed by atoms with Crippen LogP contribution in [0, 0.1) is 58.1 Å². The van der Waals surface area contributed by atoms with Crippen molar-refractivity contribution in [3.63, 3.8) is 0 Å². The molecular formula is C31H45F4NO4. The molecule has 0 aromatic carbocycles. The van der Waals surface area contributed by atoms with E-state index in [0.717, 1.165) is 25.7 Å². The number of ether oxygens (including phenoxy) is 1. The summed E-state index contributed by atoms with van der Waals surface area (Å²) in [4.78, 5) is 3.54. The smallest absolute Gasteiger partial charge is 0.251 e. The highest BCUT2D eigenvalue weighted by Gasteiger charge is 2.69. The molecule has 5 rings (SSSR count). The first-order valence-corrected chi connectivity index (χ1v) is 15.1. The van der Waals surface area contributed by atoms with Crippen LogP contribution >= 0.6 is 0 Å². The molecular weight excluding hydrogens is 526 g/mol. The molecule has 4 saturated carbocycles. The summed E-state index contributed by atoms with van der Waals surface area (Å²) in [6.07, 6.45) is 2.43. The van der Waals surface area contributed by atoms with Gasteiger partial charge >= 0.3 is 0 Å². The molecule has 1 aromatic heterocycles. The third-order valence-electron chi connectivity index (χ3n) is 12.1. The highest BCUT2D eigenvalue weighted by Crippen LogP contribution is 2.71. The molecule has 1 aromatic rings. The minimum Gasteiger partial charge on any atom is -0.481 e. The second-order valence-electron chi connectivity index (χ2n) is 13.9. The van der Waals surface area contributed by atoms with E-state index in [1.54, 1.807) is 0 Å². The van der Waals surface area contributed by atoms with Gasteiger partial charge in [-0.2, -0.15) is 9.37 Å². The van der Waals surface area contributed by atoms with E-state index in [1.807, 2.05) is 0 Å². The Kier molecular flexibility index (Phi) is 8.01. The molecule has 0 spiro atoms. The molecule has 1 heterocycles. The van der Waals surface area contributed by atoms with Gasteiger partial charge in [0, 0.05) is 18.4 Å². The number of rotatable bonds is 7. The molecule has 5 nitrogen and oxygen atoms in total. The Balaban J connectivity index is 1.27. The van der Waals surface area contributed by atoms with Crippen molar-refractivity contribution in [2.45, 2.75) is 109 Å². The largest absolute Gasteiger partial charge is 0.481 e. The average Bonchev–Trinajstić information content (AvgIpc) is 3.24. The number of aliphatic hydroxyl groups excluding tert-OH is 3. The van der Waals surface area contributed by atoms with Gasteiger partial charge in [0.2, 0.25) is 11.8 Å². The number of methoxy groups -OCH3 is 1.